The number of carboxylic acid groups (broad SMARTS) is 1. The summed E-state index contributed by atoms with van der Waals surface area (Å²) in [7, 11) is 1.95. The summed E-state index contributed by atoms with van der Waals surface area (Å²) in [6.45, 7) is 4.26. The van der Waals surface area contributed by atoms with Crippen LogP contribution in [0.15, 0.2) is 24.5 Å². The minimum absolute atomic E-state index is 0.101. The molecule has 1 atom stereocenters. The number of aromatic nitrogens is 2. The first-order chi connectivity index (χ1) is 8.99. The maximum absolute atomic E-state index is 11.1. The predicted molar refractivity (Wildman–Crippen MR) is 75.2 cm³/mol. The summed E-state index contributed by atoms with van der Waals surface area (Å²) in [5, 5.41) is 12.3. The van der Waals surface area contributed by atoms with E-state index in [1.54, 1.807) is 6.33 Å². The van der Waals surface area contributed by atoms with Gasteiger partial charge < -0.3 is 15.0 Å². The van der Waals surface area contributed by atoms with Gasteiger partial charge in [0.2, 0.25) is 0 Å². The van der Waals surface area contributed by atoms with Crippen LogP contribution in [0.2, 0.25) is 0 Å². The lowest BCUT2D eigenvalue weighted by Crippen LogP contribution is -2.27. The Morgan fingerprint density at radius 1 is 1.47 bits per heavy atom. The lowest BCUT2D eigenvalue weighted by atomic mass is 9.96. The number of nitrogens with zero attached hydrogens (tertiary/aromatic N) is 2. The Hall–Kier alpha value is -2.04. The van der Waals surface area contributed by atoms with Gasteiger partial charge in [0.15, 0.2) is 0 Å². The highest BCUT2D eigenvalue weighted by Gasteiger charge is 2.20. The molecule has 0 aliphatic carbocycles. The Kier molecular flexibility index (Phi) is 3.74. The van der Waals surface area contributed by atoms with Gasteiger partial charge in [0.25, 0.3) is 0 Å². The molecule has 0 saturated carbocycles. The van der Waals surface area contributed by atoms with Crippen molar-refractivity contribution in [2.75, 3.05) is 11.9 Å². The Labute approximate surface area is 112 Å². The molecule has 0 bridgehead atoms. The maximum atomic E-state index is 11.1. The molecule has 2 N–H and O–H groups in total. The number of rotatable bonds is 5. The number of benzene rings is 1. The maximum Gasteiger partial charge on any atom is 0.308 e. The van der Waals surface area contributed by atoms with E-state index < -0.39 is 5.97 Å². The van der Waals surface area contributed by atoms with E-state index in [0.717, 1.165) is 16.7 Å². The molecule has 0 saturated heterocycles. The van der Waals surface area contributed by atoms with Crippen LogP contribution in [0.5, 0.6) is 0 Å². The molecule has 0 aliphatic rings. The van der Waals surface area contributed by atoms with Gasteiger partial charge in [-0.1, -0.05) is 13.8 Å². The van der Waals surface area contributed by atoms with Gasteiger partial charge in [0.1, 0.15) is 0 Å². The third-order valence-electron chi connectivity index (χ3n) is 3.37. The lowest BCUT2D eigenvalue weighted by molar-refractivity contribution is -0.142. The van der Waals surface area contributed by atoms with E-state index in [1.165, 1.54) is 0 Å². The van der Waals surface area contributed by atoms with Crippen molar-refractivity contribution < 1.29 is 9.90 Å². The van der Waals surface area contributed by atoms with Gasteiger partial charge in [-0.3, -0.25) is 4.79 Å². The van der Waals surface area contributed by atoms with Crippen molar-refractivity contribution in [2.24, 2.45) is 18.9 Å². The highest BCUT2D eigenvalue weighted by atomic mass is 16.4. The van der Waals surface area contributed by atoms with Crippen molar-refractivity contribution in [3.63, 3.8) is 0 Å². The predicted octanol–water partition coefficient (Wildman–Crippen LogP) is 2.34. The number of nitrogens with one attached hydrogen (secondary N) is 1. The number of fused-ring (bicyclic) bond motifs is 1. The summed E-state index contributed by atoms with van der Waals surface area (Å²) in [5.41, 5.74) is 2.87. The molecule has 2 aromatic rings. The summed E-state index contributed by atoms with van der Waals surface area (Å²) in [6, 6.07) is 5.87. The normalized spacial score (nSPS) is 12.8. The molecule has 1 aromatic heterocycles. The van der Waals surface area contributed by atoms with Gasteiger partial charge >= 0.3 is 5.97 Å². The zero-order valence-corrected chi connectivity index (χ0v) is 11.4. The van der Waals surface area contributed by atoms with Crippen LogP contribution in [-0.4, -0.2) is 27.2 Å². The van der Waals surface area contributed by atoms with Crippen LogP contribution < -0.4 is 5.32 Å². The largest absolute Gasteiger partial charge is 0.481 e. The van der Waals surface area contributed by atoms with E-state index in [1.807, 2.05) is 43.7 Å². The van der Waals surface area contributed by atoms with Gasteiger partial charge in [-0.15, -0.1) is 0 Å². The standard InChI is InChI=1S/C14H19N3O2/c1-9(2)11(14(18)19)7-15-10-4-5-13-12(6-10)16-8-17(13)3/h4-6,8-9,11,15H,7H2,1-3H3,(H,18,19). The molecule has 1 aromatic carbocycles. The third-order valence-corrected chi connectivity index (χ3v) is 3.37. The molecule has 102 valence electrons. The van der Waals surface area contributed by atoms with Crippen LogP contribution in [0, 0.1) is 11.8 Å². The molecule has 0 amide bonds. The van der Waals surface area contributed by atoms with E-state index in [-0.39, 0.29) is 11.8 Å². The Morgan fingerprint density at radius 2 is 2.21 bits per heavy atom. The van der Waals surface area contributed by atoms with E-state index in [9.17, 15) is 4.79 Å². The molecule has 19 heavy (non-hydrogen) atoms. The second-order valence-corrected chi connectivity index (χ2v) is 5.13. The summed E-state index contributed by atoms with van der Waals surface area (Å²) in [4.78, 5) is 15.4. The molecular weight excluding hydrogens is 242 g/mol. The molecule has 0 spiro atoms. The van der Waals surface area contributed by atoms with Crippen LogP contribution in [0.1, 0.15) is 13.8 Å². The van der Waals surface area contributed by atoms with Gasteiger partial charge in [-0.2, -0.15) is 0 Å². The fraction of sp³-hybridized carbons (Fsp3) is 0.429. The summed E-state index contributed by atoms with van der Waals surface area (Å²) in [6.07, 6.45) is 1.77. The zero-order chi connectivity index (χ0) is 14.0. The number of aliphatic carboxylic acids is 1. The van der Waals surface area contributed by atoms with E-state index in [2.05, 4.69) is 10.3 Å². The fourth-order valence-corrected chi connectivity index (χ4v) is 2.08. The molecule has 5 heteroatoms. The number of carboxylic acids is 1. The van der Waals surface area contributed by atoms with Crippen LogP contribution in [0.4, 0.5) is 5.69 Å². The topological polar surface area (TPSA) is 67.2 Å². The van der Waals surface area contributed by atoms with Crippen molar-refractivity contribution in [3.05, 3.63) is 24.5 Å². The molecule has 1 unspecified atom stereocenters. The first kappa shape index (κ1) is 13.4. The minimum atomic E-state index is -0.763. The second-order valence-electron chi connectivity index (χ2n) is 5.13. The molecule has 0 fully saturated rings. The lowest BCUT2D eigenvalue weighted by Gasteiger charge is -2.17. The van der Waals surface area contributed by atoms with Crippen molar-refractivity contribution >= 4 is 22.7 Å². The number of hydrogen-bond donors (Lipinski definition) is 2. The minimum Gasteiger partial charge on any atom is -0.481 e. The molecule has 0 radical (unpaired) electrons. The third kappa shape index (κ3) is 2.86. The van der Waals surface area contributed by atoms with Crippen LogP contribution in [0.3, 0.4) is 0 Å². The molecular formula is C14H19N3O2. The van der Waals surface area contributed by atoms with Crippen molar-refractivity contribution in [3.8, 4) is 0 Å². The Bertz CT molecular complexity index is 589. The molecule has 0 aliphatic heterocycles. The summed E-state index contributed by atoms with van der Waals surface area (Å²) in [5.74, 6) is -1.05. The molecule has 1 heterocycles. The van der Waals surface area contributed by atoms with Gasteiger partial charge in [0, 0.05) is 19.3 Å². The van der Waals surface area contributed by atoms with Gasteiger partial charge in [-0.05, 0) is 24.1 Å². The van der Waals surface area contributed by atoms with E-state index in [0.29, 0.717) is 6.54 Å². The van der Waals surface area contributed by atoms with Crippen molar-refractivity contribution in [2.45, 2.75) is 13.8 Å². The number of imidazole rings is 1. The summed E-state index contributed by atoms with van der Waals surface area (Å²) < 4.78 is 1.95. The van der Waals surface area contributed by atoms with E-state index >= 15 is 0 Å². The highest BCUT2D eigenvalue weighted by molar-refractivity contribution is 5.79. The number of carbonyl (C=O) groups is 1. The first-order valence-electron chi connectivity index (χ1n) is 6.37. The Balaban J connectivity index is 2.11. The van der Waals surface area contributed by atoms with Crippen LogP contribution in [0.25, 0.3) is 11.0 Å². The van der Waals surface area contributed by atoms with Crippen molar-refractivity contribution in [1.29, 1.82) is 0 Å². The SMILES string of the molecule is CC(C)C(CNc1ccc2c(c1)ncn2C)C(=O)O. The van der Waals surface area contributed by atoms with Gasteiger partial charge in [0.05, 0.1) is 23.3 Å². The molecule has 5 nitrogen and oxygen atoms in total. The Morgan fingerprint density at radius 3 is 2.84 bits per heavy atom. The smallest absolute Gasteiger partial charge is 0.308 e. The fourth-order valence-electron chi connectivity index (χ4n) is 2.08. The first-order valence-corrected chi connectivity index (χ1v) is 6.37. The quantitative estimate of drug-likeness (QED) is 0.867. The van der Waals surface area contributed by atoms with Crippen LogP contribution >= 0.6 is 0 Å². The molecule has 2 rings (SSSR count). The zero-order valence-electron chi connectivity index (χ0n) is 11.4. The van der Waals surface area contributed by atoms with E-state index in [4.69, 9.17) is 5.11 Å². The highest BCUT2D eigenvalue weighted by Crippen LogP contribution is 2.19. The monoisotopic (exact) mass is 261 g/mol. The average molecular weight is 261 g/mol. The van der Waals surface area contributed by atoms with Crippen LogP contribution in [-0.2, 0) is 11.8 Å². The number of hydrogen-bond acceptors (Lipinski definition) is 3. The average Bonchev–Trinajstić information content (AvgIpc) is 2.70. The van der Waals surface area contributed by atoms with Crippen molar-refractivity contribution in [1.82, 2.24) is 9.55 Å². The summed E-state index contributed by atoms with van der Waals surface area (Å²) >= 11 is 0. The van der Waals surface area contributed by atoms with Gasteiger partial charge in [-0.25, -0.2) is 4.98 Å². The second kappa shape index (κ2) is 5.30. The number of aryl methyl sites for hydroxylation is 1. The number of anilines is 1.